The normalized spacial score (nSPS) is 23.8. The van der Waals surface area contributed by atoms with E-state index in [0.29, 0.717) is 25.7 Å². The Bertz CT molecular complexity index is 1780. The molecule has 3 aliphatic carbocycles. The van der Waals surface area contributed by atoms with E-state index < -0.39 is 67.8 Å². The number of ketones is 1. The number of amides is 5. The molecule has 294 valence electrons. The minimum atomic E-state index is -3.60. The van der Waals surface area contributed by atoms with Gasteiger partial charge < -0.3 is 26.2 Å². The predicted molar refractivity (Wildman–Crippen MR) is 207 cm³/mol. The van der Waals surface area contributed by atoms with Gasteiger partial charge in [0, 0.05) is 19.5 Å². The van der Waals surface area contributed by atoms with Crippen LogP contribution in [0.25, 0.3) is 0 Å². The van der Waals surface area contributed by atoms with Crippen LogP contribution in [-0.2, 0) is 41.9 Å². The van der Waals surface area contributed by atoms with Crippen LogP contribution in [0.1, 0.15) is 90.7 Å². The lowest BCUT2D eigenvalue weighted by Crippen LogP contribution is -2.63. The summed E-state index contributed by atoms with van der Waals surface area (Å²) in [6, 6.07) is 4.09. The first-order valence-electron chi connectivity index (χ1n) is 19.2. The number of carbonyl (C=O) groups is 5. The van der Waals surface area contributed by atoms with Gasteiger partial charge in [0.25, 0.3) is 5.91 Å². The number of nitrogens with one attached hydrogen (secondary N) is 4. The van der Waals surface area contributed by atoms with Crippen molar-refractivity contribution in [2.45, 2.75) is 121 Å². The highest BCUT2D eigenvalue weighted by Crippen LogP contribution is 2.65. The maximum Gasteiger partial charge on any atom is 0.315 e. The number of terminal acetylenes is 1. The molecule has 1 saturated heterocycles. The Morgan fingerprint density at radius 3 is 2.24 bits per heavy atom. The highest BCUT2D eigenvalue weighted by atomic mass is 32.2. The zero-order chi connectivity index (χ0) is 39.6. The summed E-state index contributed by atoms with van der Waals surface area (Å²) >= 11 is 0. The van der Waals surface area contributed by atoms with Gasteiger partial charge in [-0.2, -0.15) is 0 Å². The molecule has 12 nitrogen and oxygen atoms in total. The summed E-state index contributed by atoms with van der Waals surface area (Å²) in [6.45, 7) is 13.0. The number of sulfone groups is 1. The first-order chi connectivity index (χ1) is 25.4. The molecule has 5 atom stereocenters. The van der Waals surface area contributed by atoms with E-state index in [1.807, 2.05) is 38.1 Å². The van der Waals surface area contributed by atoms with Crippen molar-refractivity contribution in [3.05, 3.63) is 48.0 Å². The number of nitrogens with zero attached hydrogens (tertiary/aromatic N) is 1. The lowest BCUT2D eigenvalue weighted by atomic mass is 9.83. The SMILES string of the molecule is C#CCCC(NC(=O)[C@@H]1[C@@H]2C(CN1C(=O)[C@@H](NC(=O)NC1(CS(=O)(=O)C(C)(C)C)CCCCC1)C1Cc3ccccc3C1)C2(C)C)C(=O)C(=O)NCC=C. The number of hydrogen-bond donors (Lipinski definition) is 4. The Morgan fingerprint density at radius 1 is 1.04 bits per heavy atom. The third-order valence-corrected chi connectivity index (χ3v) is 15.1. The van der Waals surface area contributed by atoms with Crippen LogP contribution in [0.3, 0.4) is 0 Å². The van der Waals surface area contributed by atoms with Crippen LogP contribution < -0.4 is 21.3 Å². The topological polar surface area (TPSA) is 171 Å². The summed E-state index contributed by atoms with van der Waals surface area (Å²) in [4.78, 5) is 70.6. The molecular weight excluding hydrogens is 707 g/mol. The van der Waals surface area contributed by atoms with Crippen LogP contribution in [0.4, 0.5) is 4.79 Å². The van der Waals surface area contributed by atoms with Crippen molar-refractivity contribution in [2.75, 3.05) is 18.8 Å². The molecule has 0 spiro atoms. The predicted octanol–water partition coefficient (Wildman–Crippen LogP) is 3.24. The molecule has 1 aromatic carbocycles. The Hall–Kier alpha value is -4.18. The first kappa shape index (κ1) is 41.0. The molecule has 2 unspecified atom stereocenters. The molecule has 2 saturated carbocycles. The molecule has 13 heteroatoms. The molecule has 1 aromatic rings. The standard InChI is InChI=1S/C41H57N5O7S/c1-8-10-18-30(34(47)36(49)42-21-9-2)43-35(48)33-31-29(40(31,6)7)24-46(33)37(50)32(28-22-26-16-12-13-17-27(26)23-28)44-38(51)45-41(19-14-11-15-20-41)25-54(52,53)39(3,4)5/h1,9,12-13,16-17,28-33H,2,10-11,14-15,18-25H2,3-7H3,(H,42,49)(H,43,48)(H2,44,45,51)/t29?,30?,31-,32-,33-/m0/s1. The highest BCUT2D eigenvalue weighted by Gasteiger charge is 2.70. The van der Waals surface area contributed by atoms with Crippen molar-refractivity contribution < 1.29 is 32.4 Å². The van der Waals surface area contributed by atoms with E-state index in [1.165, 1.54) is 11.0 Å². The molecule has 0 radical (unpaired) electrons. The van der Waals surface area contributed by atoms with E-state index in [9.17, 15) is 32.4 Å². The quantitative estimate of drug-likeness (QED) is 0.128. The van der Waals surface area contributed by atoms with Crippen LogP contribution >= 0.6 is 0 Å². The molecule has 0 bridgehead atoms. The number of Topliss-reactive ketones (excluding diaryl/α,β-unsaturated/α-hetero) is 1. The Kier molecular flexibility index (Phi) is 12.1. The Labute approximate surface area is 320 Å². The van der Waals surface area contributed by atoms with Crippen LogP contribution in [0.2, 0.25) is 0 Å². The van der Waals surface area contributed by atoms with E-state index in [2.05, 4.69) is 33.8 Å². The number of hydrogen-bond acceptors (Lipinski definition) is 7. The van der Waals surface area contributed by atoms with Gasteiger partial charge in [-0.15, -0.1) is 18.9 Å². The molecule has 0 aromatic heterocycles. The van der Waals surface area contributed by atoms with Crippen LogP contribution in [0, 0.1) is 35.5 Å². The molecule has 5 amide bonds. The smallest absolute Gasteiger partial charge is 0.315 e. The second-order valence-electron chi connectivity index (χ2n) is 17.3. The summed E-state index contributed by atoms with van der Waals surface area (Å²) < 4.78 is 25.9. The summed E-state index contributed by atoms with van der Waals surface area (Å²) in [6.07, 6.45) is 11.6. The van der Waals surface area contributed by atoms with E-state index in [1.54, 1.807) is 20.8 Å². The van der Waals surface area contributed by atoms with Crippen molar-refractivity contribution in [3.63, 3.8) is 0 Å². The van der Waals surface area contributed by atoms with Gasteiger partial charge >= 0.3 is 6.03 Å². The molecular formula is C41H57N5O7S. The van der Waals surface area contributed by atoms with Gasteiger partial charge in [-0.25, -0.2) is 13.2 Å². The molecule has 3 fully saturated rings. The summed E-state index contributed by atoms with van der Waals surface area (Å²) in [7, 11) is -3.60. The molecule has 4 N–H and O–H groups in total. The second kappa shape index (κ2) is 15.9. The summed E-state index contributed by atoms with van der Waals surface area (Å²) in [5.74, 6) is -0.947. The van der Waals surface area contributed by atoms with Crippen molar-refractivity contribution >= 4 is 39.4 Å². The lowest BCUT2D eigenvalue weighted by molar-refractivity contribution is -0.144. The second-order valence-corrected chi connectivity index (χ2v) is 20.0. The molecule has 54 heavy (non-hydrogen) atoms. The minimum Gasteiger partial charge on any atom is -0.346 e. The van der Waals surface area contributed by atoms with Crippen molar-refractivity contribution in [2.24, 2.45) is 23.2 Å². The number of urea groups is 1. The molecule has 1 heterocycles. The molecule has 4 aliphatic rings. The summed E-state index contributed by atoms with van der Waals surface area (Å²) in [5.41, 5.74) is 0.910. The van der Waals surface area contributed by atoms with E-state index in [-0.39, 0.29) is 54.9 Å². The fourth-order valence-corrected chi connectivity index (χ4v) is 10.4. The number of rotatable bonds is 14. The van der Waals surface area contributed by atoms with Crippen LogP contribution in [0.15, 0.2) is 36.9 Å². The fraction of sp³-hybridized carbons (Fsp3) is 0.634. The Morgan fingerprint density at radius 2 is 1.67 bits per heavy atom. The number of piperidine rings is 1. The van der Waals surface area contributed by atoms with Gasteiger partial charge in [0.1, 0.15) is 12.1 Å². The van der Waals surface area contributed by atoms with Gasteiger partial charge in [0.2, 0.25) is 17.6 Å². The maximum absolute atomic E-state index is 14.9. The molecule has 1 aliphatic heterocycles. The van der Waals surface area contributed by atoms with Gasteiger partial charge in [0.05, 0.1) is 22.1 Å². The first-order valence-corrected chi connectivity index (χ1v) is 20.9. The van der Waals surface area contributed by atoms with Crippen LogP contribution in [0.5, 0.6) is 0 Å². The van der Waals surface area contributed by atoms with Gasteiger partial charge in [-0.1, -0.05) is 63.5 Å². The molecule has 5 rings (SSSR count). The Balaban J connectivity index is 1.42. The van der Waals surface area contributed by atoms with E-state index in [0.717, 1.165) is 30.4 Å². The minimum absolute atomic E-state index is 0.0105. The lowest BCUT2D eigenvalue weighted by Gasteiger charge is -2.40. The number of fused-ring (bicyclic) bond motifs is 2. The average molecular weight is 764 g/mol. The largest absolute Gasteiger partial charge is 0.346 e. The van der Waals surface area contributed by atoms with E-state index >= 15 is 0 Å². The third kappa shape index (κ3) is 8.54. The van der Waals surface area contributed by atoms with Gasteiger partial charge in [-0.05, 0) is 87.2 Å². The van der Waals surface area contributed by atoms with Crippen molar-refractivity contribution in [1.29, 1.82) is 0 Å². The third-order valence-electron chi connectivity index (χ3n) is 12.3. The number of benzene rings is 1. The van der Waals surface area contributed by atoms with Gasteiger partial charge in [-0.3, -0.25) is 19.2 Å². The van der Waals surface area contributed by atoms with Gasteiger partial charge in [0.15, 0.2) is 9.84 Å². The monoisotopic (exact) mass is 763 g/mol. The average Bonchev–Trinajstić information content (AvgIpc) is 3.46. The number of carbonyl (C=O) groups excluding carboxylic acids is 5. The van der Waals surface area contributed by atoms with E-state index in [4.69, 9.17) is 6.42 Å². The maximum atomic E-state index is 14.9. The van der Waals surface area contributed by atoms with Crippen molar-refractivity contribution in [1.82, 2.24) is 26.2 Å². The number of likely N-dealkylation sites (tertiary alicyclic amines) is 1. The zero-order valence-corrected chi connectivity index (χ0v) is 33.2. The zero-order valence-electron chi connectivity index (χ0n) is 32.3. The van der Waals surface area contributed by atoms with Crippen LogP contribution in [-0.4, -0.2) is 90.1 Å². The summed E-state index contributed by atoms with van der Waals surface area (Å²) in [5, 5.41) is 11.3. The highest BCUT2D eigenvalue weighted by molar-refractivity contribution is 7.92. The fourth-order valence-electron chi connectivity index (χ4n) is 8.90. The van der Waals surface area contributed by atoms with Crippen molar-refractivity contribution in [3.8, 4) is 12.3 Å².